The summed E-state index contributed by atoms with van der Waals surface area (Å²) in [7, 11) is 3.22. The molecule has 35 heavy (non-hydrogen) atoms. The molecule has 0 N–H and O–H groups in total. The van der Waals surface area contributed by atoms with Crippen molar-refractivity contribution in [2.45, 2.75) is 17.1 Å². The van der Waals surface area contributed by atoms with Gasteiger partial charge in [-0.2, -0.15) is 5.26 Å². The number of hydrogen-bond acceptors (Lipinski definition) is 7. The van der Waals surface area contributed by atoms with E-state index in [1.807, 2.05) is 54.1 Å². The summed E-state index contributed by atoms with van der Waals surface area (Å²) in [6, 6.07) is 20.4. The van der Waals surface area contributed by atoms with Crippen LogP contribution < -0.4 is 4.90 Å². The number of esters is 1. The number of aryl methyl sites for hydroxylation is 1. The molecule has 176 valence electrons. The average Bonchev–Trinajstić information content (AvgIpc) is 3.22. The first-order valence-electron chi connectivity index (χ1n) is 10.9. The van der Waals surface area contributed by atoms with E-state index in [0.29, 0.717) is 33.7 Å². The van der Waals surface area contributed by atoms with Gasteiger partial charge in [-0.1, -0.05) is 18.2 Å². The Morgan fingerprint density at radius 2 is 1.89 bits per heavy atom. The van der Waals surface area contributed by atoms with E-state index in [2.05, 4.69) is 11.1 Å². The smallest absolute Gasteiger partial charge is 0.307 e. The number of aromatic nitrogens is 3. The molecular weight excluding hydrogens is 462 g/mol. The number of carbonyl (C=O) groups excluding carboxylic acids is 2. The fraction of sp³-hybridized carbons (Fsp3) is 0.192. The number of rotatable bonds is 8. The molecule has 4 aromatic rings. The van der Waals surface area contributed by atoms with Crippen LogP contribution in [0.1, 0.15) is 28.2 Å². The molecule has 0 aliphatic rings. The molecule has 2 aromatic carbocycles. The number of anilines is 1. The van der Waals surface area contributed by atoms with Gasteiger partial charge in [0, 0.05) is 30.4 Å². The molecule has 0 saturated carbocycles. The molecule has 0 unspecified atom stereocenters. The summed E-state index contributed by atoms with van der Waals surface area (Å²) in [5.74, 6) is 0.768. The Labute approximate surface area is 207 Å². The summed E-state index contributed by atoms with van der Waals surface area (Å²) in [4.78, 5) is 36.9. The monoisotopic (exact) mass is 485 g/mol. The SMILES string of the molecule is COC(=O)CCN(C(=O)c1cnc2c(c1)nc(CSc1ccc(C#N)cc1)n2C)c1ccccc1. The van der Waals surface area contributed by atoms with E-state index < -0.39 is 0 Å². The molecule has 8 nitrogen and oxygen atoms in total. The van der Waals surface area contributed by atoms with Crippen LogP contribution in [-0.4, -0.2) is 40.1 Å². The third-order valence-electron chi connectivity index (χ3n) is 5.48. The molecule has 9 heteroatoms. The largest absolute Gasteiger partial charge is 0.469 e. The number of fused-ring (bicyclic) bond motifs is 1. The van der Waals surface area contributed by atoms with Gasteiger partial charge in [-0.05, 0) is 42.5 Å². The van der Waals surface area contributed by atoms with Crippen molar-refractivity contribution in [3.05, 3.63) is 83.8 Å². The van der Waals surface area contributed by atoms with Gasteiger partial charge in [0.25, 0.3) is 5.91 Å². The average molecular weight is 486 g/mol. The zero-order valence-corrected chi connectivity index (χ0v) is 20.2. The van der Waals surface area contributed by atoms with E-state index in [0.717, 1.165) is 10.7 Å². The lowest BCUT2D eigenvalue weighted by Gasteiger charge is -2.22. The molecule has 1 amide bonds. The van der Waals surface area contributed by atoms with Crippen molar-refractivity contribution in [3.8, 4) is 6.07 Å². The number of hydrogen-bond donors (Lipinski definition) is 0. The molecule has 0 aliphatic carbocycles. The number of imidazole rings is 1. The molecule has 0 atom stereocenters. The lowest BCUT2D eigenvalue weighted by Crippen LogP contribution is -2.33. The summed E-state index contributed by atoms with van der Waals surface area (Å²) >= 11 is 1.61. The maximum atomic E-state index is 13.4. The van der Waals surface area contributed by atoms with Gasteiger partial charge in [0.15, 0.2) is 5.65 Å². The van der Waals surface area contributed by atoms with Crippen molar-refractivity contribution >= 4 is 40.5 Å². The Balaban J connectivity index is 1.57. The fourth-order valence-corrected chi connectivity index (χ4v) is 4.44. The van der Waals surface area contributed by atoms with E-state index in [-0.39, 0.29) is 24.8 Å². The topological polar surface area (TPSA) is 101 Å². The van der Waals surface area contributed by atoms with Gasteiger partial charge in [-0.15, -0.1) is 11.8 Å². The fourth-order valence-electron chi connectivity index (χ4n) is 3.56. The molecule has 0 spiro atoms. The summed E-state index contributed by atoms with van der Waals surface area (Å²) in [6.07, 6.45) is 1.62. The molecule has 0 aliphatic heterocycles. The maximum absolute atomic E-state index is 13.4. The number of carbonyl (C=O) groups is 2. The van der Waals surface area contributed by atoms with Crippen LogP contribution in [0.4, 0.5) is 5.69 Å². The van der Waals surface area contributed by atoms with Crippen LogP contribution in [0.25, 0.3) is 11.2 Å². The number of amides is 1. The Hall–Kier alpha value is -4.16. The van der Waals surface area contributed by atoms with Crippen LogP contribution in [0.5, 0.6) is 0 Å². The highest BCUT2D eigenvalue weighted by Crippen LogP contribution is 2.25. The molecular formula is C26H23N5O3S. The second kappa shape index (κ2) is 10.8. The Bertz CT molecular complexity index is 1390. The molecule has 2 aromatic heterocycles. The summed E-state index contributed by atoms with van der Waals surface area (Å²) in [5.41, 5.74) is 2.99. The van der Waals surface area contributed by atoms with Gasteiger partial charge in [0.2, 0.25) is 0 Å². The number of nitrogens with zero attached hydrogens (tertiary/aromatic N) is 5. The van der Waals surface area contributed by atoms with Crippen LogP contribution in [0.3, 0.4) is 0 Å². The second-order valence-electron chi connectivity index (χ2n) is 7.70. The number of pyridine rings is 1. The third kappa shape index (κ3) is 5.50. The zero-order valence-electron chi connectivity index (χ0n) is 19.3. The van der Waals surface area contributed by atoms with Crippen LogP contribution >= 0.6 is 11.8 Å². The molecule has 0 saturated heterocycles. The number of ether oxygens (including phenoxy) is 1. The zero-order chi connectivity index (χ0) is 24.8. The van der Waals surface area contributed by atoms with Crippen molar-refractivity contribution in [3.63, 3.8) is 0 Å². The van der Waals surface area contributed by atoms with E-state index in [9.17, 15) is 9.59 Å². The number of methoxy groups -OCH3 is 1. The predicted molar refractivity (Wildman–Crippen MR) is 134 cm³/mol. The lowest BCUT2D eigenvalue weighted by atomic mass is 10.2. The van der Waals surface area contributed by atoms with Crippen molar-refractivity contribution in [2.24, 2.45) is 7.05 Å². The summed E-state index contributed by atoms with van der Waals surface area (Å²) in [5, 5.41) is 8.95. The number of nitriles is 1. The number of thioether (sulfide) groups is 1. The van der Waals surface area contributed by atoms with Gasteiger partial charge in [-0.3, -0.25) is 9.59 Å². The summed E-state index contributed by atoms with van der Waals surface area (Å²) < 4.78 is 6.65. The molecule has 0 bridgehead atoms. The highest BCUT2D eigenvalue weighted by molar-refractivity contribution is 7.98. The first kappa shape index (κ1) is 24.0. The van der Waals surface area contributed by atoms with Gasteiger partial charge in [0.1, 0.15) is 11.3 Å². The van der Waals surface area contributed by atoms with E-state index >= 15 is 0 Å². The predicted octanol–water partition coefficient (Wildman–Crippen LogP) is 4.34. The van der Waals surface area contributed by atoms with E-state index in [1.54, 1.807) is 34.9 Å². The van der Waals surface area contributed by atoms with Crippen molar-refractivity contribution < 1.29 is 14.3 Å². The number of para-hydroxylation sites is 1. The quantitative estimate of drug-likeness (QED) is 0.270. The van der Waals surface area contributed by atoms with Gasteiger partial charge in [0.05, 0.1) is 36.5 Å². The van der Waals surface area contributed by atoms with Gasteiger partial charge in [-0.25, -0.2) is 9.97 Å². The highest BCUT2D eigenvalue weighted by atomic mass is 32.2. The van der Waals surface area contributed by atoms with Crippen molar-refractivity contribution in [2.75, 3.05) is 18.6 Å². The van der Waals surface area contributed by atoms with Gasteiger partial charge < -0.3 is 14.2 Å². The molecule has 0 radical (unpaired) electrons. The molecule has 4 rings (SSSR count). The number of benzene rings is 2. The first-order chi connectivity index (χ1) is 17.0. The van der Waals surface area contributed by atoms with Crippen LogP contribution in [0.2, 0.25) is 0 Å². The normalized spacial score (nSPS) is 10.7. The minimum absolute atomic E-state index is 0.0765. The van der Waals surface area contributed by atoms with Crippen molar-refractivity contribution in [1.82, 2.24) is 14.5 Å². The van der Waals surface area contributed by atoms with E-state index in [1.165, 1.54) is 13.3 Å². The minimum atomic E-state index is -0.388. The van der Waals surface area contributed by atoms with Crippen LogP contribution in [0.15, 0.2) is 71.8 Å². The minimum Gasteiger partial charge on any atom is -0.469 e. The Morgan fingerprint density at radius 3 is 2.57 bits per heavy atom. The molecule has 2 heterocycles. The standard InChI is InChI=1S/C26H23N5O3S/c1-30-23(17-35-21-10-8-18(15-27)9-11-21)29-22-14-19(16-28-25(22)30)26(33)31(13-12-24(32)34-2)20-6-4-3-5-7-20/h3-11,14,16H,12-13,17H2,1-2H3. The highest BCUT2D eigenvalue weighted by Gasteiger charge is 2.21. The Morgan fingerprint density at radius 1 is 1.14 bits per heavy atom. The van der Waals surface area contributed by atoms with Crippen LogP contribution in [-0.2, 0) is 22.3 Å². The summed E-state index contributed by atoms with van der Waals surface area (Å²) in [6.45, 7) is 0.183. The second-order valence-corrected chi connectivity index (χ2v) is 8.75. The molecule has 0 fully saturated rings. The van der Waals surface area contributed by atoms with E-state index in [4.69, 9.17) is 15.0 Å². The van der Waals surface area contributed by atoms with Gasteiger partial charge >= 0.3 is 5.97 Å². The third-order valence-corrected chi connectivity index (χ3v) is 6.49. The van der Waals surface area contributed by atoms with Crippen molar-refractivity contribution in [1.29, 1.82) is 5.26 Å². The Kier molecular flexibility index (Phi) is 7.43. The maximum Gasteiger partial charge on any atom is 0.307 e. The lowest BCUT2D eigenvalue weighted by molar-refractivity contribution is -0.140. The first-order valence-corrected chi connectivity index (χ1v) is 11.9. The van der Waals surface area contributed by atoms with Crippen LogP contribution in [0, 0.1) is 11.3 Å².